The average Bonchev–Trinajstić information content (AvgIpc) is 2.74. The van der Waals surface area contributed by atoms with E-state index in [1.165, 1.54) is 6.07 Å². The molecular formula is C16H22N2O3. The van der Waals surface area contributed by atoms with Crippen LogP contribution in [0.1, 0.15) is 43.6 Å². The molecule has 0 unspecified atom stereocenters. The first-order valence-electron chi connectivity index (χ1n) is 6.99. The lowest BCUT2D eigenvalue weighted by Gasteiger charge is -2.13. The quantitative estimate of drug-likeness (QED) is 0.799. The van der Waals surface area contributed by atoms with E-state index in [-0.39, 0.29) is 28.5 Å². The third-order valence-electron chi connectivity index (χ3n) is 5.04. The van der Waals surface area contributed by atoms with Crippen molar-refractivity contribution in [3.63, 3.8) is 0 Å². The molecule has 21 heavy (non-hydrogen) atoms. The van der Waals surface area contributed by atoms with Gasteiger partial charge in [0.1, 0.15) is 0 Å². The molecule has 0 saturated heterocycles. The number of anilines is 1. The van der Waals surface area contributed by atoms with Crippen molar-refractivity contribution in [2.75, 3.05) is 5.32 Å². The minimum Gasteiger partial charge on any atom is -0.478 e. The van der Waals surface area contributed by atoms with Crippen molar-refractivity contribution in [2.24, 2.45) is 10.8 Å². The fraction of sp³-hybridized carbons (Fsp3) is 0.500. The molecule has 0 atom stereocenters. The third-order valence-corrected chi connectivity index (χ3v) is 5.04. The number of nitrogens with one attached hydrogen (secondary N) is 2. The highest BCUT2D eigenvalue weighted by Gasteiger charge is 2.65. The molecule has 0 bridgehead atoms. The molecule has 0 spiro atoms. The molecule has 2 amide bonds. The number of carboxylic acid groups (broad SMARTS) is 1. The molecule has 5 nitrogen and oxygen atoms in total. The van der Waals surface area contributed by atoms with Crippen LogP contribution in [0.2, 0.25) is 0 Å². The molecule has 1 fully saturated rings. The van der Waals surface area contributed by atoms with Crippen LogP contribution in [0.3, 0.4) is 0 Å². The number of rotatable bonds is 3. The van der Waals surface area contributed by atoms with Gasteiger partial charge < -0.3 is 15.7 Å². The molecule has 2 rings (SSSR count). The number of carboxylic acids is 1. The molecular weight excluding hydrogens is 268 g/mol. The molecule has 0 aliphatic heterocycles. The summed E-state index contributed by atoms with van der Waals surface area (Å²) in [6.45, 7) is 10.2. The van der Waals surface area contributed by atoms with Gasteiger partial charge in [-0.15, -0.1) is 0 Å². The second-order valence-corrected chi connectivity index (χ2v) is 6.78. The highest BCUT2D eigenvalue weighted by Crippen LogP contribution is 2.62. The van der Waals surface area contributed by atoms with E-state index >= 15 is 0 Å². The number of urea groups is 1. The second kappa shape index (κ2) is 4.76. The fourth-order valence-corrected chi connectivity index (χ4v) is 2.85. The molecule has 0 heterocycles. The zero-order chi connectivity index (χ0) is 16.0. The maximum Gasteiger partial charge on any atom is 0.337 e. The van der Waals surface area contributed by atoms with E-state index in [1.807, 2.05) is 0 Å². The highest BCUT2D eigenvalue weighted by molar-refractivity contribution is 6.01. The number of carbonyl (C=O) groups excluding carboxylic acids is 1. The monoisotopic (exact) mass is 290 g/mol. The van der Waals surface area contributed by atoms with Crippen molar-refractivity contribution in [2.45, 2.75) is 40.7 Å². The van der Waals surface area contributed by atoms with Crippen LogP contribution in [0, 0.1) is 17.8 Å². The molecule has 1 aromatic rings. The predicted octanol–water partition coefficient (Wildman–Crippen LogP) is 3.25. The maximum atomic E-state index is 12.2. The lowest BCUT2D eigenvalue weighted by atomic mass is 10.0. The molecule has 0 radical (unpaired) electrons. The summed E-state index contributed by atoms with van der Waals surface area (Å²) in [6, 6.07) is 4.62. The van der Waals surface area contributed by atoms with Gasteiger partial charge in [0.2, 0.25) is 0 Å². The average molecular weight is 290 g/mol. The van der Waals surface area contributed by atoms with Crippen LogP contribution in [0.5, 0.6) is 0 Å². The van der Waals surface area contributed by atoms with E-state index in [0.717, 1.165) is 5.56 Å². The normalized spacial score (nSPS) is 18.9. The zero-order valence-corrected chi connectivity index (χ0v) is 13.1. The first kappa shape index (κ1) is 15.4. The number of benzene rings is 1. The Labute approximate surface area is 124 Å². The van der Waals surface area contributed by atoms with Crippen LogP contribution in [-0.2, 0) is 0 Å². The summed E-state index contributed by atoms with van der Waals surface area (Å²) >= 11 is 0. The SMILES string of the molecule is Cc1cccc(C(=O)O)c1NC(=O)NC1C(C)(C)C1(C)C. The van der Waals surface area contributed by atoms with Crippen molar-refractivity contribution in [3.8, 4) is 0 Å². The number of aromatic carboxylic acids is 1. The van der Waals surface area contributed by atoms with Gasteiger partial charge in [-0.1, -0.05) is 39.8 Å². The van der Waals surface area contributed by atoms with E-state index in [4.69, 9.17) is 0 Å². The fourth-order valence-electron chi connectivity index (χ4n) is 2.85. The van der Waals surface area contributed by atoms with E-state index in [2.05, 4.69) is 38.3 Å². The number of hydrogen-bond acceptors (Lipinski definition) is 2. The summed E-state index contributed by atoms with van der Waals surface area (Å²) < 4.78 is 0. The van der Waals surface area contributed by atoms with Gasteiger partial charge in [-0.2, -0.15) is 0 Å². The summed E-state index contributed by atoms with van der Waals surface area (Å²) in [5.74, 6) is -1.05. The molecule has 114 valence electrons. The maximum absolute atomic E-state index is 12.2. The molecule has 1 aliphatic rings. The predicted molar refractivity (Wildman–Crippen MR) is 81.6 cm³/mol. The van der Waals surface area contributed by atoms with Crippen molar-refractivity contribution >= 4 is 17.7 Å². The molecule has 1 saturated carbocycles. The van der Waals surface area contributed by atoms with E-state index in [0.29, 0.717) is 5.69 Å². The Balaban J connectivity index is 2.13. The van der Waals surface area contributed by atoms with Crippen LogP contribution >= 0.6 is 0 Å². The van der Waals surface area contributed by atoms with E-state index < -0.39 is 5.97 Å². The molecule has 1 aliphatic carbocycles. The van der Waals surface area contributed by atoms with Gasteiger partial charge in [0.25, 0.3) is 0 Å². The van der Waals surface area contributed by atoms with Gasteiger partial charge in [-0.3, -0.25) is 0 Å². The Morgan fingerprint density at radius 2 is 1.71 bits per heavy atom. The Kier molecular flexibility index (Phi) is 3.48. The van der Waals surface area contributed by atoms with Crippen LogP contribution in [0.4, 0.5) is 10.5 Å². The first-order chi connectivity index (χ1) is 9.59. The van der Waals surface area contributed by atoms with Crippen LogP contribution in [0.25, 0.3) is 0 Å². The molecule has 5 heteroatoms. The Hall–Kier alpha value is -2.04. The second-order valence-electron chi connectivity index (χ2n) is 6.78. The van der Waals surface area contributed by atoms with Crippen molar-refractivity contribution in [3.05, 3.63) is 29.3 Å². The minimum absolute atomic E-state index is 0.0334. The van der Waals surface area contributed by atoms with Gasteiger partial charge in [0.05, 0.1) is 11.3 Å². The Bertz CT molecular complexity index is 592. The molecule has 1 aromatic carbocycles. The summed E-state index contributed by atoms with van der Waals surface area (Å²) in [4.78, 5) is 23.4. The Morgan fingerprint density at radius 3 is 2.19 bits per heavy atom. The minimum atomic E-state index is -1.05. The summed E-state index contributed by atoms with van der Waals surface area (Å²) in [7, 11) is 0. The molecule has 3 N–H and O–H groups in total. The summed E-state index contributed by atoms with van der Waals surface area (Å²) in [5.41, 5.74) is 1.23. The van der Waals surface area contributed by atoms with Gasteiger partial charge in [0.15, 0.2) is 0 Å². The lowest BCUT2D eigenvalue weighted by Crippen LogP contribution is -2.34. The van der Waals surface area contributed by atoms with Gasteiger partial charge >= 0.3 is 12.0 Å². The van der Waals surface area contributed by atoms with Crippen molar-refractivity contribution in [1.82, 2.24) is 5.32 Å². The highest BCUT2D eigenvalue weighted by atomic mass is 16.4. The number of para-hydroxylation sites is 1. The largest absolute Gasteiger partial charge is 0.478 e. The number of carbonyl (C=O) groups is 2. The lowest BCUT2D eigenvalue weighted by molar-refractivity contribution is 0.0698. The van der Waals surface area contributed by atoms with Crippen LogP contribution in [-0.4, -0.2) is 23.1 Å². The summed E-state index contributed by atoms with van der Waals surface area (Å²) in [5, 5.41) is 14.8. The smallest absolute Gasteiger partial charge is 0.337 e. The van der Waals surface area contributed by atoms with Gasteiger partial charge in [-0.25, -0.2) is 9.59 Å². The number of hydrogen-bond donors (Lipinski definition) is 3. The van der Waals surface area contributed by atoms with Gasteiger partial charge in [0, 0.05) is 6.04 Å². The number of amides is 2. The molecule has 0 aromatic heterocycles. The van der Waals surface area contributed by atoms with E-state index in [1.54, 1.807) is 19.1 Å². The van der Waals surface area contributed by atoms with Crippen molar-refractivity contribution < 1.29 is 14.7 Å². The first-order valence-corrected chi connectivity index (χ1v) is 6.99. The third kappa shape index (κ3) is 2.48. The zero-order valence-electron chi connectivity index (χ0n) is 13.1. The van der Waals surface area contributed by atoms with Crippen LogP contribution in [0.15, 0.2) is 18.2 Å². The van der Waals surface area contributed by atoms with E-state index in [9.17, 15) is 14.7 Å². The number of aryl methyl sites for hydroxylation is 1. The van der Waals surface area contributed by atoms with Crippen molar-refractivity contribution in [1.29, 1.82) is 0 Å². The Morgan fingerprint density at radius 1 is 1.14 bits per heavy atom. The standard InChI is InChI=1S/C16H22N2O3/c1-9-7-6-8-10(12(19)20)11(9)17-14(21)18-13-15(2,3)16(13,4)5/h6-8,13H,1-5H3,(H,19,20)(H2,17,18,21). The van der Waals surface area contributed by atoms with Crippen LogP contribution < -0.4 is 10.6 Å². The summed E-state index contributed by atoms with van der Waals surface area (Å²) in [6.07, 6.45) is 0. The topological polar surface area (TPSA) is 78.4 Å². The van der Waals surface area contributed by atoms with Gasteiger partial charge in [-0.05, 0) is 29.4 Å².